The lowest BCUT2D eigenvalue weighted by Gasteiger charge is -1.98. The largest absolute Gasteiger partial charge is 0.269 e. The predicted molar refractivity (Wildman–Crippen MR) is 44.6 cm³/mol. The van der Waals surface area contributed by atoms with Crippen LogP contribution in [-0.2, 0) is 0 Å². The van der Waals surface area contributed by atoms with Crippen LogP contribution in [0.5, 0.6) is 0 Å². The van der Waals surface area contributed by atoms with Crippen LogP contribution < -0.4 is 0 Å². The Morgan fingerprint density at radius 2 is 2.27 bits per heavy atom. The van der Waals surface area contributed by atoms with E-state index < -0.39 is 0 Å². The van der Waals surface area contributed by atoms with Gasteiger partial charge in [0.25, 0.3) is 0 Å². The molecule has 1 fully saturated rings. The molecule has 1 aliphatic rings. The van der Waals surface area contributed by atoms with E-state index in [0.29, 0.717) is 5.92 Å². The fourth-order valence-electron chi connectivity index (χ4n) is 1.20. The number of hydrogen-bond donors (Lipinski definition) is 0. The van der Waals surface area contributed by atoms with Crippen LogP contribution in [0.2, 0.25) is 0 Å². The first-order valence-electron chi connectivity index (χ1n) is 4.32. The summed E-state index contributed by atoms with van der Waals surface area (Å²) in [6.07, 6.45) is 4.74. The zero-order valence-corrected chi connectivity index (χ0v) is 7.12. The molecule has 0 N–H and O–H groups in total. The molecule has 0 atom stereocenters. The molecule has 1 saturated carbocycles. The van der Waals surface area contributed by atoms with Crippen molar-refractivity contribution in [2.24, 2.45) is 0 Å². The Morgan fingerprint density at radius 1 is 1.55 bits per heavy atom. The molecule has 0 unspecified atom stereocenters. The normalized spacial score (nSPS) is 17.7. The van der Waals surface area contributed by atoms with Crippen LogP contribution in [0, 0.1) is 0 Å². The molecule has 0 aliphatic heterocycles. The highest BCUT2D eigenvalue weighted by atomic mass is 15.3. The Kier molecular flexibility index (Phi) is 1.48. The Bertz CT molecular complexity index is 229. The second kappa shape index (κ2) is 2.36. The van der Waals surface area contributed by atoms with Gasteiger partial charge in [0.15, 0.2) is 0 Å². The average Bonchev–Trinajstić information content (AvgIpc) is 2.68. The average molecular weight is 150 g/mol. The van der Waals surface area contributed by atoms with Crippen LogP contribution in [0.3, 0.4) is 0 Å². The second-order valence-electron chi connectivity index (χ2n) is 3.61. The molecule has 1 aliphatic carbocycles. The zero-order chi connectivity index (χ0) is 7.84. The monoisotopic (exact) mass is 150 g/mol. The maximum atomic E-state index is 4.49. The van der Waals surface area contributed by atoms with Crippen molar-refractivity contribution < 1.29 is 0 Å². The molecule has 0 saturated heterocycles. The Labute approximate surface area is 67.2 Å². The summed E-state index contributed by atoms with van der Waals surface area (Å²) in [4.78, 5) is 0. The fraction of sp³-hybridized carbons (Fsp3) is 0.667. The minimum Gasteiger partial charge on any atom is -0.269 e. The molecular formula is C9H14N2. The second-order valence-corrected chi connectivity index (χ2v) is 3.61. The van der Waals surface area contributed by atoms with E-state index >= 15 is 0 Å². The van der Waals surface area contributed by atoms with Crippen LogP contribution in [0.25, 0.3) is 0 Å². The van der Waals surface area contributed by atoms with Crippen LogP contribution in [0.15, 0.2) is 12.3 Å². The molecular weight excluding hydrogens is 136 g/mol. The summed E-state index contributed by atoms with van der Waals surface area (Å²) >= 11 is 0. The molecule has 1 heterocycles. The van der Waals surface area contributed by atoms with E-state index in [9.17, 15) is 0 Å². The number of rotatable bonds is 2. The van der Waals surface area contributed by atoms with Gasteiger partial charge in [-0.1, -0.05) is 13.8 Å². The molecule has 60 valence electrons. The lowest BCUT2D eigenvalue weighted by atomic mass is 10.1. The van der Waals surface area contributed by atoms with Gasteiger partial charge >= 0.3 is 0 Å². The molecule has 2 nitrogen and oxygen atoms in total. The summed E-state index contributed by atoms with van der Waals surface area (Å²) in [6, 6.07) is 2.85. The van der Waals surface area contributed by atoms with Crippen molar-refractivity contribution in [1.29, 1.82) is 0 Å². The van der Waals surface area contributed by atoms with Crippen LogP contribution >= 0.6 is 0 Å². The van der Waals surface area contributed by atoms with Gasteiger partial charge in [-0.25, -0.2) is 0 Å². The minimum absolute atomic E-state index is 0.565. The van der Waals surface area contributed by atoms with Gasteiger partial charge < -0.3 is 0 Å². The Hall–Kier alpha value is -0.790. The van der Waals surface area contributed by atoms with Gasteiger partial charge in [0.2, 0.25) is 0 Å². The van der Waals surface area contributed by atoms with Gasteiger partial charge in [0, 0.05) is 6.20 Å². The van der Waals surface area contributed by atoms with Gasteiger partial charge in [-0.2, -0.15) is 5.10 Å². The molecule has 1 aromatic heterocycles. The van der Waals surface area contributed by atoms with Crippen molar-refractivity contribution in [1.82, 2.24) is 9.78 Å². The third-order valence-electron chi connectivity index (χ3n) is 2.14. The summed E-state index contributed by atoms with van der Waals surface area (Å²) < 4.78 is 2.11. The van der Waals surface area contributed by atoms with Crippen molar-refractivity contribution in [3.05, 3.63) is 18.0 Å². The molecule has 1 aromatic rings. The molecule has 0 aromatic carbocycles. The van der Waals surface area contributed by atoms with Gasteiger partial charge in [0.05, 0.1) is 11.7 Å². The van der Waals surface area contributed by atoms with Gasteiger partial charge in [-0.3, -0.25) is 4.68 Å². The number of aromatic nitrogens is 2. The van der Waals surface area contributed by atoms with Gasteiger partial charge in [-0.15, -0.1) is 0 Å². The molecule has 0 radical (unpaired) electrons. The first-order chi connectivity index (χ1) is 5.27. The molecule has 11 heavy (non-hydrogen) atoms. The van der Waals surface area contributed by atoms with E-state index in [-0.39, 0.29) is 0 Å². The molecule has 0 bridgehead atoms. The Balaban J connectivity index is 2.18. The van der Waals surface area contributed by atoms with E-state index in [4.69, 9.17) is 0 Å². The van der Waals surface area contributed by atoms with E-state index in [0.717, 1.165) is 6.04 Å². The smallest absolute Gasteiger partial charge is 0.0650 e. The van der Waals surface area contributed by atoms with Crippen molar-refractivity contribution >= 4 is 0 Å². The van der Waals surface area contributed by atoms with E-state index in [2.05, 4.69) is 35.9 Å². The Morgan fingerprint density at radius 3 is 2.73 bits per heavy atom. The van der Waals surface area contributed by atoms with Gasteiger partial charge in [-0.05, 0) is 24.8 Å². The predicted octanol–water partition coefficient (Wildman–Crippen LogP) is 2.34. The first-order valence-corrected chi connectivity index (χ1v) is 4.32. The summed E-state index contributed by atoms with van der Waals surface area (Å²) in [5.74, 6) is 0.565. The number of nitrogens with zero attached hydrogens (tertiary/aromatic N) is 2. The quantitative estimate of drug-likeness (QED) is 0.632. The summed E-state index contributed by atoms with van der Waals surface area (Å²) in [7, 11) is 0. The van der Waals surface area contributed by atoms with Crippen molar-refractivity contribution in [2.75, 3.05) is 0 Å². The van der Waals surface area contributed by atoms with Crippen molar-refractivity contribution in [3.63, 3.8) is 0 Å². The first kappa shape index (κ1) is 6.89. The zero-order valence-electron chi connectivity index (χ0n) is 7.12. The maximum Gasteiger partial charge on any atom is 0.0650 e. The van der Waals surface area contributed by atoms with Crippen molar-refractivity contribution in [2.45, 2.75) is 38.6 Å². The minimum atomic E-state index is 0.565. The molecule has 2 rings (SSSR count). The van der Waals surface area contributed by atoms with Crippen LogP contribution in [0.1, 0.15) is 44.3 Å². The SMILES string of the molecule is CC(C)c1ccn(C2CC2)n1. The van der Waals surface area contributed by atoms with Crippen LogP contribution in [0.4, 0.5) is 0 Å². The van der Waals surface area contributed by atoms with E-state index in [1.807, 2.05) is 0 Å². The highest BCUT2D eigenvalue weighted by Gasteiger charge is 2.24. The maximum absolute atomic E-state index is 4.49. The van der Waals surface area contributed by atoms with E-state index in [1.165, 1.54) is 18.5 Å². The molecule has 2 heteroatoms. The van der Waals surface area contributed by atoms with Crippen molar-refractivity contribution in [3.8, 4) is 0 Å². The third kappa shape index (κ3) is 1.30. The highest BCUT2D eigenvalue weighted by molar-refractivity contribution is 5.05. The summed E-state index contributed by atoms with van der Waals surface area (Å²) in [5, 5.41) is 4.49. The molecule has 0 amide bonds. The number of hydrogen-bond acceptors (Lipinski definition) is 1. The van der Waals surface area contributed by atoms with E-state index in [1.54, 1.807) is 0 Å². The highest BCUT2D eigenvalue weighted by Crippen LogP contribution is 2.34. The summed E-state index contributed by atoms with van der Waals surface area (Å²) in [5.41, 5.74) is 1.22. The third-order valence-corrected chi connectivity index (χ3v) is 2.14. The summed E-state index contributed by atoms with van der Waals surface area (Å²) in [6.45, 7) is 4.36. The van der Waals surface area contributed by atoms with Gasteiger partial charge in [0.1, 0.15) is 0 Å². The standard InChI is InChI=1S/C9H14N2/c1-7(2)9-5-6-11(10-9)8-3-4-8/h5-8H,3-4H2,1-2H3. The fourth-order valence-corrected chi connectivity index (χ4v) is 1.20. The lowest BCUT2D eigenvalue weighted by Crippen LogP contribution is -1.96. The topological polar surface area (TPSA) is 17.8 Å². The van der Waals surface area contributed by atoms with Crippen LogP contribution in [-0.4, -0.2) is 9.78 Å². The lowest BCUT2D eigenvalue weighted by molar-refractivity contribution is 0.620. The molecule has 0 spiro atoms.